The molecule has 3 aromatic carbocycles. The largest absolute Gasteiger partial charge is 3.00 e. The van der Waals surface area contributed by atoms with Crippen molar-refractivity contribution >= 4 is 0 Å². The van der Waals surface area contributed by atoms with Crippen LogP contribution in [-0.2, 0) is 20.1 Å². The molecule has 0 spiro atoms. The molecule has 2 atom stereocenters. The van der Waals surface area contributed by atoms with E-state index in [0.717, 1.165) is 50.9 Å². The summed E-state index contributed by atoms with van der Waals surface area (Å²) in [6, 6.07) is 50.0. The smallest absolute Gasteiger partial charge is 0.256 e. The maximum Gasteiger partial charge on any atom is 3.00 e. The first-order chi connectivity index (χ1) is 20.1. The molecule has 0 fully saturated rings. The van der Waals surface area contributed by atoms with Gasteiger partial charge in [0, 0.05) is 17.8 Å². The molecule has 4 heteroatoms. The van der Waals surface area contributed by atoms with E-state index in [-0.39, 0.29) is 37.9 Å². The SMILES string of the molecule is Cc1cc[c-]c(C2c3cccc(n3)C(c3[c-]cccc3)c3cccc(n3)C(c3[c-]ccc(C)c3)c3cccc2n3)c1.[Ir+3]. The topological polar surface area (TPSA) is 38.7 Å². The quantitative estimate of drug-likeness (QED) is 0.176. The van der Waals surface area contributed by atoms with Crippen LogP contribution in [0.1, 0.15) is 79.7 Å². The van der Waals surface area contributed by atoms with Gasteiger partial charge >= 0.3 is 20.1 Å². The minimum atomic E-state index is -0.178. The Morgan fingerprint density at radius 1 is 0.429 bits per heavy atom. The van der Waals surface area contributed by atoms with Gasteiger partial charge in [0.2, 0.25) is 0 Å². The monoisotopic (exact) mass is 719 g/mol. The summed E-state index contributed by atoms with van der Waals surface area (Å²) in [5.74, 6) is -0.530. The van der Waals surface area contributed by atoms with Gasteiger partial charge in [-0.1, -0.05) is 32.0 Å². The molecule has 42 heavy (non-hydrogen) atoms. The molecule has 3 aromatic heterocycles. The van der Waals surface area contributed by atoms with Crippen LogP contribution in [0.25, 0.3) is 0 Å². The van der Waals surface area contributed by atoms with Crippen LogP contribution in [-0.4, -0.2) is 15.0 Å². The molecule has 0 aliphatic carbocycles. The van der Waals surface area contributed by atoms with Crippen LogP contribution in [0.4, 0.5) is 0 Å². The first kappa shape index (κ1) is 27.9. The average Bonchev–Trinajstić information content (AvgIpc) is 2.99. The third-order valence-electron chi connectivity index (χ3n) is 7.78. The maximum atomic E-state index is 5.34. The molecule has 0 saturated carbocycles. The third kappa shape index (κ3) is 5.36. The summed E-state index contributed by atoms with van der Waals surface area (Å²) in [6.45, 7) is 4.23. The Morgan fingerprint density at radius 3 is 1.17 bits per heavy atom. The molecule has 1 aliphatic heterocycles. The molecule has 0 N–H and O–H groups in total. The predicted molar refractivity (Wildman–Crippen MR) is 161 cm³/mol. The fourth-order valence-electron chi connectivity index (χ4n) is 5.91. The number of hydrogen-bond donors (Lipinski definition) is 0. The number of hydrogen-bond acceptors (Lipinski definition) is 3. The van der Waals surface area contributed by atoms with Crippen molar-refractivity contribution < 1.29 is 20.1 Å². The average molecular weight is 719 g/mol. The van der Waals surface area contributed by atoms with Crippen LogP contribution in [0.3, 0.4) is 0 Å². The molecular weight excluding hydrogens is 691 g/mol. The van der Waals surface area contributed by atoms with Crippen molar-refractivity contribution in [2.45, 2.75) is 31.6 Å². The first-order valence-electron chi connectivity index (χ1n) is 14.0. The molecule has 6 aromatic rings. The molecule has 204 valence electrons. The number of rotatable bonds is 3. The van der Waals surface area contributed by atoms with E-state index in [9.17, 15) is 0 Å². The van der Waals surface area contributed by atoms with Gasteiger partial charge in [-0.3, -0.25) is 15.0 Å². The summed E-state index contributed by atoms with van der Waals surface area (Å²) in [5, 5.41) is 0. The van der Waals surface area contributed by atoms with E-state index in [1.165, 1.54) is 11.1 Å². The standard InChI is InChI=1S/C38H28N3.Ir/c1-25-11-6-15-28(23-25)37-32-19-8-17-30(39-32)36(27-13-4-3-5-14-27)31-18-9-20-33(40-31)38(29-16-7-12-26(2)24-29)35-22-10-21-34(37)41-35;/h3-13,17-24,36-38H,1-2H3;/q-3;+3. The molecule has 7 rings (SSSR count). The molecule has 4 heterocycles. The Kier molecular flexibility index (Phi) is 7.93. The predicted octanol–water partition coefficient (Wildman–Crippen LogP) is 7.74. The van der Waals surface area contributed by atoms with Gasteiger partial charge in [-0.2, -0.15) is 90.0 Å². The second-order valence-electron chi connectivity index (χ2n) is 10.7. The normalized spacial score (nSPS) is 17.3. The van der Waals surface area contributed by atoms with Crippen LogP contribution in [0.5, 0.6) is 0 Å². The number of aromatic nitrogens is 3. The number of pyridine rings is 3. The summed E-state index contributed by atoms with van der Waals surface area (Å²) < 4.78 is 0. The van der Waals surface area contributed by atoms with E-state index in [1.807, 2.05) is 24.3 Å². The fourth-order valence-corrected chi connectivity index (χ4v) is 5.91. The fraction of sp³-hybridized carbons (Fsp3) is 0.132. The summed E-state index contributed by atoms with van der Waals surface area (Å²) in [7, 11) is 0. The molecule has 0 saturated heterocycles. The van der Waals surface area contributed by atoms with Gasteiger partial charge in [0.25, 0.3) is 0 Å². The van der Waals surface area contributed by atoms with Crippen molar-refractivity contribution in [3.8, 4) is 0 Å². The summed E-state index contributed by atoms with van der Waals surface area (Å²) in [6.07, 6.45) is 0. The Balaban J connectivity index is 0.00000316. The molecule has 1 aliphatic rings. The van der Waals surface area contributed by atoms with Crippen LogP contribution >= 0.6 is 0 Å². The summed E-state index contributed by atoms with van der Waals surface area (Å²) in [4.78, 5) is 16.0. The van der Waals surface area contributed by atoms with Crippen LogP contribution < -0.4 is 0 Å². The van der Waals surface area contributed by atoms with Gasteiger partial charge < -0.3 is 0 Å². The van der Waals surface area contributed by atoms with E-state index in [1.54, 1.807) is 0 Å². The van der Waals surface area contributed by atoms with Gasteiger partial charge in [-0.05, 0) is 36.4 Å². The van der Waals surface area contributed by atoms with Crippen molar-refractivity contribution in [3.63, 3.8) is 0 Å². The Hall–Kier alpha value is -4.24. The van der Waals surface area contributed by atoms with Gasteiger partial charge in [-0.15, -0.1) is 16.7 Å². The zero-order valence-electron chi connectivity index (χ0n) is 23.4. The summed E-state index contributed by atoms with van der Waals surface area (Å²) >= 11 is 0. The van der Waals surface area contributed by atoms with E-state index < -0.39 is 0 Å². The number of benzene rings is 3. The van der Waals surface area contributed by atoms with Gasteiger partial charge in [-0.25, -0.2) is 0 Å². The number of nitrogens with zero attached hydrogens (tertiary/aromatic N) is 3. The third-order valence-corrected chi connectivity index (χ3v) is 7.78. The molecular formula is C38H28IrN3. The molecule has 0 radical (unpaired) electrons. The van der Waals surface area contributed by atoms with Crippen molar-refractivity contribution in [2.75, 3.05) is 0 Å². The van der Waals surface area contributed by atoms with E-state index >= 15 is 0 Å². The van der Waals surface area contributed by atoms with E-state index in [0.29, 0.717) is 0 Å². The molecule has 2 unspecified atom stereocenters. The second kappa shape index (κ2) is 11.9. The van der Waals surface area contributed by atoms with Crippen molar-refractivity contribution in [1.29, 1.82) is 0 Å². The van der Waals surface area contributed by atoms with Gasteiger partial charge in [0.05, 0.1) is 34.2 Å². The van der Waals surface area contributed by atoms with E-state index in [4.69, 9.17) is 15.0 Å². The van der Waals surface area contributed by atoms with Crippen molar-refractivity contribution in [1.82, 2.24) is 15.0 Å². The molecule has 0 amide bonds. The van der Waals surface area contributed by atoms with Gasteiger partial charge in [0.15, 0.2) is 0 Å². The van der Waals surface area contributed by atoms with Crippen LogP contribution in [0.15, 0.2) is 115 Å². The second-order valence-corrected chi connectivity index (χ2v) is 10.7. The van der Waals surface area contributed by atoms with Crippen molar-refractivity contribution in [3.05, 3.63) is 195 Å². The molecule has 6 bridgehead atoms. The van der Waals surface area contributed by atoms with Crippen LogP contribution in [0, 0.1) is 32.0 Å². The van der Waals surface area contributed by atoms with Crippen molar-refractivity contribution in [2.24, 2.45) is 0 Å². The maximum absolute atomic E-state index is 5.34. The van der Waals surface area contributed by atoms with E-state index in [2.05, 4.69) is 123 Å². The minimum Gasteiger partial charge on any atom is -0.256 e. The zero-order chi connectivity index (χ0) is 27.8. The number of aryl methyl sites for hydroxylation is 2. The minimum absolute atomic E-state index is 0. The summed E-state index contributed by atoms with van der Waals surface area (Å²) in [5.41, 5.74) is 11.1. The Morgan fingerprint density at radius 2 is 0.810 bits per heavy atom. The zero-order valence-corrected chi connectivity index (χ0v) is 25.8. The number of fused-ring (bicyclic) bond motifs is 6. The first-order valence-corrected chi connectivity index (χ1v) is 14.0. The van der Waals surface area contributed by atoms with Gasteiger partial charge in [0.1, 0.15) is 0 Å². The Bertz CT molecular complexity index is 1740. The Labute approximate surface area is 261 Å². The van der Waals surface area contributed by atoms with Crippen LogP contribution in [0.2, 0.25) is 0 Å². The molecule has 3 nitrogen and oxygen atoms in total.